The van der Waals surface area contributed by atoms with Gasteiger partial charge in [0.1, 0.15) is 0 Å². The van der Waals surface area contributed by atoms with Crippen LogP contribution in [0.3, 0.4) is 0 Å². The molecule has 0 spiro atoms. The van der Waals surface area contributed by atoms with Gasteiger partial charge in [-0.05, 0) is 43.7 Å². The van der Waals surface area contributed by atoms with Gasteiger partial charge in [-0.25, -0.2) is 0 Å². The summed E-state index contributed by atoms with van der Waals surface area (Å²) in [5, 5.41) is 3.67. The number of halogens is 1. The molecule has 1 aromatic rings. The minimum Gasteiger partial charge on any atom is -0.314 e. The fraction of sp³-hybridized carbons (Fsp3) is 0.692. The summed E-state index contributed by atoms with van der Waals surface area (Å²) in [4.78, 5) is 1.39. The van der Waals surface area contributed by atoms with E-state index in [2.05, 4.69) is 18.3 Å². The second-order valence-electron chi connectivity index (χ2n) is 4.69. The number of nitrogens with one attached hydrogen (secondary N) is 1. The maximum Gasteiger partial charge on any atom is 0.0931 e. The van der Waals surface area contributed by atoms with Crippen LogP contribution < -0.4 is 5.32 Å². The molecular formula is C13H20ClNS. The molecule has 1 fully saturated rings. The lowest BCUT2D eigenvalue weighted by atomic mass is 10.1. The molecular weight excluding hydrogens is 238 g/mol. The summed E-state index contributed by atoms with van der Waals surface area (Å²) in [6, 6.07) is 4.89. The van der Waals surface area contributed by atoms with Crippen molar-refractivity contribution in [1.82, 2.24) is 5.32 Å². The summed E-state index contributed by atoms with van der Waals surface area (Å²) in [5.74, 6) is 0.966. The van der Waals surface area contributed by atoms with E-state index < -0.39 is 0 Å². The fourth-order valence-electron chi connectivity index (χ4n) is 2.52. The number of hydrogen-bond acceptors (Lipinski definition) is 2. The van der Waals surface area contributed by atoms with Gasteiger partial charge >= 0.3 is 0 Å². The summed E-state index contributed by atoms with van der Waals surface area (Å²) >= 11 is 7.60. The van der Waals surface area contributed by atoms with Crippen LogP contribution in [0.4, 0.5) is 0 Å². The summed E-state index contributed by atoms with van der Waals surface area (Å²) < 4.78 is 0.905. The maximum absolute atomic E-state index is 5.90. The lowest BCUT2D eigenvalue weighted by molar-refractivity contribution is 0.480. The first-order valence-corrected chi connectivity index (χ1v) is 7.45. The monoisotopic (exact) mass is 257 g/mol. The van der Waals surface area contributed by atoms with Crippen LogP contribution in [0.2, 0.25) is 4.34 Å². The van der Waals surface area contributed by atoms with E-state index in [9.17, 15) is 0 Å². The predicted molar refractivity (Wildman–Crippen MR) is 72.5 cm³/mol. The van der Waals surface area contributed by atoms with Gasteiger partial charge in [-0.3, -0.25) is 0 Å². The van der Waals surface area contributed by atoms with Crippen molar-refractivity contribution in [3.05, 3.63) is 21.3 Å². The van der Waals surface area contributed by atoms with Gasteiger partial charge in [0.25, 0.3) is 0 Å². The van der Waals surface area contributed by atoms with Crippen molar-refractivity contribution in [1.29, 1.82) is 0 Å². The highest BCUT2D eigenvalue weighted by molar-refractivity contribution is 7.16. The zero-order valence-corrected chi connectivity index (χ0v) is 11.4. The first-order valence-electron chi connectivity index (χ1n) is 6.25. The molecule has 0 radical (unpaired) electrons. The Labute approximate surface area is 107 Å². The van der Waals surface area contributed by atoms with Crippen LogP contribution in [0.15, 0.2) is 12.1 Å². The van der Waals surface area contributed by atoms with Gasteiger partial charge in [-0.1, -0.05) is 24.9 Å². The number of rotatable bonds is 5. The molecule has 90 valence electrons. The third-order valence-electron chi connectivity index (χ3n) is 3.55. The van der Waals surface area contributed by atoms with Crippen LogP contribution in [0.1, 0.15) is 37.5 Å². The molecule has 1 heterocycles. The molecule has 1 aliphatic carbocycles. The highest BCUT2D eigenvalue weighted by atomic mass is 35.5. The van der Waals surface area contributed by atoms with Crippen LogP contribution in [-0.2, 0) is 6.42 Å². The predicted octanol–water partition coefficient (Wildman–Crippen LogP) is 4.11. The largest absolute Gasteiger partial charge is 0.314 e. The van der Waals surface area contributed by atoms with Crippen molar-refractivity contribution >= 4 is 22.9 Å². The molecule has 0 aromatic carbocycles. The van der Waals surface area contributed by atoms with E-state index in [4.69, 9.17) is 11.6 Å². The molecule has 3 heteroatoms. The van der Waals surface area contributed by atoms with Crippen molar-refractivity contribution < 1.29 is 0 Å². The van der Waals surface area contributed by atoms with Gasteiger partial charge in [0.2, 0.25) is 0 Å². The lowest BCUT2D eigenvalue weighted by Gasteiger charge is -2.12. The minimum atomic E-state index is 0.764. The average molecular weight is 258 g/mol. The van der Waals surface area contributed by atoms with E-state index in [0.717, 1.165) is 29.3 Å². The zero-order chi connectivity index (χ0) is 11.4. The molecule has 0 saturated heterocycles. The molecule has 1 saturated carbocycles. The van der Waals surface area contributed by atoms with Crippen LogP contribution in [0, 0.1) is 5.92 Å². The molecule has 1 N–H and O–H groups in total. The van der Waals surface area contributed by atoms with E-state index in [1.54, 1.807) is 11.3 Å². The van der Waals surface area contributed by atoms with E-state index in [1.165, 1.54) is 30.6 Å². The number of thiophene rings is 1. The van der Waals surface area contributed by atoms with E-state index in [1.807, 2.05) is 6.07 Å². The highest BCUT2D eigenvalue weighted by Gasteiger charge is 2.22. The van der Waals surface area contributed by atoms with Gasteiger partial charge in [0.05, 0.1) is 4.34 Å². The quantitative estimate of drug-likeness (QED) is 0.837. The van der Waals surface area contributed by atoms with Crippen molar-refractivity contribution in [3.63, 3.8) is 0 Å². The third kappa shape index (κ3) is 3.47. The smallest absolute Gasteiger partial charge is 0.0931 e. The summed E-state index contributed by atoms with van der Waals surface area (Å²) in [5.41, 5.74) is 0. The molecule has 0 amide bonds. The minimum absolute atomic E-state index is 0.764. The Morgan fingerprint density at radius 1 is 1.44 bits per heavy atom. The molecule has 2 atom stereocenters. The van der Waals surface area contributed by atoms with Crippen LogP contribution in [-0.4, -0.2) is 12.6 Å². The summed E-state index contributed by atoms with van der Waals surface area (Å²) in [6.45, 7) is 3.40. The van der Waals surface area contributed by atoms with Crippen molar-refractivity contribution in [2.75, 3.05) is 6.54 Å². The van der Waals surface area contributed by atoms with Gasteiger partial charge in [0, 0.05) is 17.5 Å². The van der Waals surface area contributed by atoms with Crippen molar-refractivity contribution in [2.24, 2.45) is 5.92 Å². The first-order chi connectivity index (χ1) is 7.78. The molecule has 0 aliphatic heterocycles. The van der Waals surface area contributed by atoms with Gasteiger partial charge in [-0.15, -0.1) is 11.3 Å². The Kier molecular flexibility index (Phi) is 4.68. The molecule has 16 heavy (non-hydrogen) atoms. The van der Waals surface area contributed by atoms with Crippen LogP contribution >= 0.6 is 22.9 Å². The first kappa shape index (κ1) is 12.4. The summed E-state index contributed by atoms with van der Waals surface area (Å²) in [7, 11) is 0. The molecule has 2 unspecified atom stereocenters. The topological polar surface area (TPSA) is 12.0 Å². The maximum atomic E-state index is 5.90. The Morgan fingerprint density at radius 2 is 2.31 bits per heavy atom. The fourth-order valence-corrected chi connectivity index (χ4v) is 3.60. The molecule has 2 rings (SSSR count). The van der Waals surface area contributed by atoms with Gasteiger partial charge in [-0.2, -0.15) is 0 Å². The second-order valence-corrected chi connectivity index (χ2v) is 6.49. The van der Waals surface area contributed by atoms with Crippen LogP contribution in [0.25, 0.3) is 0 Å². The van der Waals surface area contributed by atoms with Crippen LogP contribution in [0.5, 0.6) is 0 Å². The van der Waals surface area contributed by atoms with Crippen molar-refractivity contribution in [3.8, 4) is 0 Å². The number of hydrogen-bond donors (Lipinski definition) is 1. The normalized spacial score (nSPS) is 25.1. The Morgan fingerprint density at radius 3 is 2.94 bits per heavy atom. The van der Waals surface area contributed by atoms with E-state index in [-0.39, 0.29) is 0 Å². The Hall–Kier alpha value is -0.0500. The molecule has 1 nitrogen and oxygen atoms in total. The molecule has 1 aliphatic rings. The third-order valence-corrected chi connectivity index (χ3v) is 4.84. The second kappa shape index (κ2) is 6.04. The van der Waals surface area contributed by atoms with Gasteiger partial charge in [0.15, 0.2) is 0 Å². The average Bonchev–Trinajstić information content (AvgIpc) is 2.88. The summed E-state index contributed by atoms with van der Waals surface area (Å²) in [6.07, 6.45) is 6.62. The van der Waals surface area contributed by atoms with Gasteiger partial charge < -0.3 is 5.32 Å². The SMILES string of the molecule is CCC1CCC(NCCc2ccc(Cl)s2)C1. The Balaban J connectivity index is 1.65. The zero-order valence-electron chi connectivity index (χ0n) is 9.84. The molecule has 1 aromatic heterocycles. The highest BCUT2D eigenvalue weighted by Crippen LogP contribution is 2.28. The van der Waals surface area contributed by atoms with E-state index >= 15 is 0 Å². The Bertz CT molecular complexity index is 323. The standard InChI is InChI=1S/C13H20ClNS/c1-2-10-3-4-11(9-10)15-8-7-12-5-6-13(14)16-12/h5-6,10-11,15H,2-4,7-9H2,1H3. The van der Waals surface area contributed by atoms with E-state index in [0.29, 0.717) is 0 Å². The lowest BCUT2D eigenvalue weighted by Crippen LogP contribution is -2.28. The van der Waals surface area contributed by atoms with Crippen molar-refractivity contribution in [2.45, 2.75) is 45.1 Å². The molecule has 0 bridgehead atoms.